The Morgan fingerprint density at radius 2 is 1.91 bits per heavy atom. The third-order valence-electron chi connectivity index (χ3n) is 6.07. The molecule has 1 aliphatic carbocycles. The van der Waals surface area contributed by atoms with Crippen LogP contribution in [0, 0.1) is 12.8 Å². The number of nitrogens with one attached hydrogen (secondary N) is 1. The van der Waals surface area contributed by atoms with Crippen molar-refractivity contribution in [3.05, 3.63) is 78.0 Å². The molecular weight excluding hydrogens is 410 g/mol. The Morgan fingerprint density at radius 1 is 1.16 bits per heavy atom. The number of benzene rings is 1. The number of ether oxygens (including phenoxy) is 2. The molecule has 1 aromatic carbocycles. The van der Waals surface area contributed by atoms with Crippen molar-refractivity contribution in [2.75, 3.05) is 0 Å². The number of imidazole rings is 1. The summed E-state index contributed by atoms with van der Waals surface area (Å²) >= 11 is 0. The number of nitrogens with zero attached hydrogens (tertiary/aromatic N) is 2. The number of allylic oxidation sites excluding steroid dienone is 1. The van der Waals surface area contributed by atoms with Gasteiger partial charge in [-0.15, -0.1) is 6.58 Å². The lowest BCUT2D eigenvalue weighted by molar-refractivity contribution is -0.169. The molecule has 3 atom stereocenters. The molecule has 0 radical (unpaired) electrons. The molecule has 8 heteroatoms. The Bertz CT molecular complexity index is 1300. The fraction of sp³-hybridized carbons (Fsp3) is 0.250. The topological polar surface area (TPSA) is 103 Å². The van der Waals surface area contributed by atoms with Crippen LogP contribution in [0.3, 0.4) is 0 Å². The molecule has 1 aliphatic heterocycles. The summed E-state index contributed by atoms with van der Waals surface area (Å²) in [6.45, 7) is 6.09. The molecule has 3 heterocycles. The third-order valence-corrected chi connectivity index (χ3v) is 6.07. The molecule has 8 nitrogen and oxygen atoms in total. The van der Waals surface area contributed by atoms with Crippen LogP contribution in [-0.2, 0) is 32.0 Å². The maximum absolute atomic E-state index is 13.9. The lowest BCUT2D eigenvalue weighted by Gasteiger charge is -2.37. The number of aromatic amines is 1. The molecule has 0 bridgehead atoms. The SMILES string of the molecule is C=CCn1c2c(c3ccccc31)C(=O)C(Cc1nc[nH]c1C)C1OC(=O)/C=C\C(=O)OC21. The summed E-state index contributed by atoms with van der Waals surface area (Å²) in [4.78, 5) is 46.1. The van der Waals surface area contributed by atoms with E-state index in [4.69, 9.17) is 9.47 Å². The van der Waals surface area contributed by atoms with E-state index in [1.54, 1.807) is 12.4 Å². The molecule has 5 rings (SSSR count). The number of hydrogen-bond donors (Lipinski definition) is 1. The van der Waals surface area contributed by atoms with Gasteiger partial charge in [0.05, 0.1) is 29.2 Å². The average Bonchev–Trinajstić information content (AvgIpc) is 3.32. The second-order valence-corrected chi connectivity index (χ2v) is 7.92. The van der Waals surface area contributed by atoms with Gasteiger partial charge in [0.25, 0.3) is 0 Å². The standard InChI is InChI=1S/C24H21N3O5/c1-3-10-27-17-7-5-4-6-14(17)20-21(27)24-23(31-18(28)8-9-19(29)32-24)15(22(20)30)11-16-13(2)25-12-26-16/h3-9,12,15,23-24H,1,10-11H2,2H3,(H,25,26)/b9-8-. The number of para-hydroxylation sites is 1. The van der Waals surface area contributed by atoms with E-state index in [2.05, 4.69) is 16.5 Å². The summed E-state index contributed by atoms with van der Waals surface area (Å²) in [6.07, 6.45) is 3.65. The molecule has 1 N–H and O–H groups in total. The number of fused-ring (bicyclic) bond motifs is 5. The zero-order chi connectivity index (χ0) is 22.4. The van der Waals surface area contributed by atoms with Crippen molar-refractivity contribution in [2.24, 2.45) is 5.92 Å². The van der Waals surface area contributed by atoms with Gasteiger partial charge in [0.2, 0.25) is 0 Å². The van der Waals surface area contributed by atoms with E-state index < -0.39 is 30.1 Å². The minimum atomic E-state index is -0.986. The van der Waals surface area contributed by atoms with E-state index in [1.807, 2.05) is 35.8 Å². The molecule has 0 fully saturated rings. The van der Waals surface area contributed by atoms with Crippen LogP contribution < -0.4 is 0 Å². The first-order valence-corrected chi connectivity index (χ1v) is 10.3. The quantitative estimate of drug-likeness (QED) is 0.503. The fourth-order valence-corrected chi connectivity index (χ4v) is 4.66. The fourth-order valence-electron chi connectivity index (χ4n) is 4.66. The Morgan fingerprint density at radius 3 is 2.62 bits per heavy atom. The molecule has 0 saturated heterocycles. The summed E-state index contributed by atoms with van der Waals surface area (Å²) in [5.41, 5.74) is 3.34. The molecule has 2 aliphatic rings. The zero-order valence-corrected chi connectivity index (χ0v) is 17.4. The van der Waals surface area contributed by atoms with Gasteiger partial charge in [-0.05, 0) is 13.0 Å². The van der Waals surface area contributed by atoms with Crippen LogP contribution in [0.4, 0.5) is 0 Å². The van der Waals surface area contributed by atoms with Gasteiger partial charge in [-0.25, -0.2) is 14.6 Å². The second-order valence-electron chi connectivity index (χ2n) is 7.92. The van der Waals surface area contributed by atoms with Gasteiger partial charge in [-0.2, -0.15) is 0 Å². The highest BCUT2D eigenvalue weighted by molar-refractivity contribution is 6.12. The van der Waals surface area contributed by atoms with E-state index in [9.17, 15) is 14.4 Å². The predicted molar refractivity (Wildman–Crippen MR) is 115 cm³/mol. The van der Waals surface area contributed by atoms with Crippen molar-refractivity contribution in [3.8, 4) is 0 Å². The maximum Gasteiger partial charge on any atom is 0.331 e. The number of esters is 2. The summed E-state index contributed by atoms with van der Waals surface area (Å²) in [5, 5.41) is 0.761. The van der Waals surface area contributed by atoms with Gasteiger partial charge in [0.15, 0.2) is 18.0 Å². The first-order chi connectivity index (χ1) is 15.5. The molecule has 3 unspecified atom stereocenters. The smallest absolute Gasteiger partial charge is 0.331 e. The lowest BCUT2D eigenvalue weighted by atomic mass is 9.78. The summed E-state index contributed by atoms with van der Waals surface area (Å²) in [6, 6.07) is 7.52. The van der Waals surface area contributed by atoms with Crippen molar-refractivity contribution in [3.63, 3.8) is 0 Å². The van der Waals surface area contributed by atoms with Crippen LogP contribution in [0.15, 0.2) is 55.4 Å². The average molecular weight is 431 g/mol. The highest BCUT2D eigenvalue weighted by Crippen LogP contribution is 2.44. The third kappa shape index (κ3) is 3.07. The number of aromatic nitrogens is 3. The Balaban J connectivity index is 1.76. The number of rotatable bonds is 4. The van der Waals surface area contributed by atoms with Gasteiger partial charge >= 0.3 is 11.9 Å². The van der Waals surface area contributed by atoms with E-state index in [-0.39, 0.29) is 12.2 Å². The Labute approximate surface area is 183 Å². The highest BCUT2D eigenvalue weighted by Gasteiger charge is 2.50. The molecule has 0 spiro atoms. The minimum Gasteiger partial charge on any atom is -0.454 e. The Kier molecular flexibility index (Phi) is 4.77. The zero-order valence-electron chi connectivity index (χ0n) is 17.4. The Hall–Kier alpha value is -3.94. The molecule has 3 aromatic rings. The first kappa shape index (κ1) is 20.0. The number of H-pyrrole nitrogens is 1. The molecule has 2 aromatic heterocycles. The van der Waals surface area contributed by atoms with Crippen LogP contribution in [0.1, 0.15) is 33.5 Å². The summed E-state index contributed by atoms with van der Waals surface area (Å²) in [5.74, 6) is -2.29. The van der Waals surface area contributed by atoms with E-state index in [0.717, 1.165) is 28.7 Å². The highest BCUT2D eigenvalue weighted by atomic mass is 16.6. The molecule has 0 saturated carbocycles. The maximum atomic E-state index is 13.9. The number of hydrogen-bond acceptors (Lipinski definition) is 6. The summed E-state index contributed by atoms with van der Waals surface area (Å²) < 4.78 is 13.4. The van der Waals surface area contributed by atoms with E-state index >= 15 is 0 Å². The van der Waals surface area contributed by atoms with Crippen molar-refractivity contribution >= 4 is 28.6 Å². The van der Waals surface area contributed by atoms with Crippen LogP contribution in [0.25, 0.3) is 10.9 Å². The largest absolute Gasteiger partial charge is 0.454 e. The van der Waals surface area contributed by atoms with Crippen LogP contribution in [-0.4, -0.2) is 38.4 Å². The summed E-state index contributed by atoms with van der Waals surface area (Å²) in [7, 11) is 0. The number of carbonyl (C=O) groups excluding carboxylic acids is 3. The van der Waals surface area contributed by atoms with Crippen molar-refractivity contribution in [1.82, 2.24) is 14.5 Å². The van der Waals surface area contributed by atoms with Crippen LogP contribution in [0.5, 0.6) is 0 Å². The number of ketones is 1. The van der Waals surface area contributed by atoms with E-state index in [1.165, 1.54) is 0 Å². The van der Waals surface area contributed by atoms with E-state index in [0.29, 0.717) is 23.5 Å². The predicted octanol–water partition coefficient (Wildman–Crippen LogP) is 2.98. The van der Waals surface area contributed by atoms with Gasteiger partial charge in [-0.3, -0.25) is 4.79 Å². The van der Waals surface area contributed by atoms with Crippen LogP contribution >= 0.6 is 0 Å². The minimum absolute atomic E-state index is 0.170. The number of carbonyl (C=O) groups is 3. The molecule has 32 heavy (non-hydrogen) atoms. The number of aryl methyl sites for hydroxylation is 1. The molecular formula is C24H21N3O5. The van der Waals surface area contributed by atoms with Gasteiger partial charge in [0, 0.05) is 41.7 Å². The molecule has 0 amide bonds. The monoisotopic (exact) mass is 431 g/mol. The number of Topliss-reactive ketones (excluding diaryl/α,β-unsaturated/α-hetero) is 1. The van der Waals surface area contributed by atoms with Gasteiger partial charge < -0.3 is 19.0 Å². The normalized spacial score (nSPS) is 23.5. The van der Waals surface area contributed by atoms with Crippen molar-refractivity contribution in [2.45, 2.75) is 32.1 Å². The first-order valence-electron chi connectivity index (χ1n) is 10.3. The second kappa shape index (κ2) is 7.64. The van der Waals surface area contributed by atoms with Crippen molar-refractivity contribution < 1.29 is 23.9 Å². The van der Waals surface area contributed by atoms with Gasteiger partial charge in [-0.1, -0.05) is 24.3 Å². The van der Waals surface area contributed by atoms with Gasteiger partial charge in [0.1, 0.15) is 0 Å². The molecule has 162 valence electrons. The van der Waals surface area contributed by atoms with Crippen LogP contribution in [0.2, 0.25) is 0 Å². The van der Waals surface area contributed by atoms with Crippen molar-refractivity contribution in [1.29, 1.82) is 0 Å². The lowest BCUT2D eigenvalue weighted by Crippen LogP contribution is -2.45.